The maximum atomic E-state index is 13.3. The molecule has 4 rings (SSSR count). The molecule has 0 atom stereocenters. The van der Waals surface area contributed by atoms with E-state index >= 15 is 0 Å². The summed E-state index contributed by atoms with van der Waals surface area (Å²) in [6, 6.07) is 20.3. The van der Waals surface area contributed by atoms with Gasteiger partial charge in [0.25, 0.3) is 0 Å². The first-order chi connectivity index (χ1) is 21.7. The van der Waals surface area contributed by atoms with Gasteiger partial charge in [0.15, 0.2) is 9.84 Å². The van der Waals surface area contributed by atoms with Crippen molar-refractivity contribution in [2.24, 2.45) is 0 Å². The van der Waals surface area contributed by atoms with Crippen molar-refractivity contribution in [2.45, 2.75) is 45.2 Å². The SMILES string of the molecule is C=C(CN/C=C\C)c1cc(C(F)(F)F)n(-c2ccc(NC)nc2)n1.CCC.CS(=O)(=O)c1cccc(C=O)c1.Cc1ccccc1. The summed E-state index contributed by atoms with van der Waals surface area (Å²) in [5.41, 5.74) is 1.68. The van der Waals surface area contributed by atoms with Gasteiger partial charge in [-0.15, -0.1) is 0 Å². The van der Waals surface area contributed by atoms with E-state index in [9.17, 15) is 26.4 Å². The number of aromatic nitrogens is 3. The highest BCUT2D eigenvalue weighted by molar-refractivity contribution is 7.90. The van der Waals surface area contributed by atoms with Crippen LogP contribution in [-0.2, 0) is 16.0 Å². The number of nitrogens with one attached hydrogen (secondary N) is 2. The van der Waals surface area contributed by atoms with Crippen molar-refractivity contribution >= 4 is 27.5 Å². The number of aryl methyl sites for hydroxylation is 1. The molecule has 248 valence electrons. The number of rotatable bonds is 8. The summed E-state index contributed by atoms with van der Waals surface area (Å²) in [4.78, 5) is 14.5. The smallest absolute Gasteiger partial charge is 0.387 e. The second kappa shape index (κ2) is 19.6. The van der Waals surface area contributed by atoms with Gasteiger partial charge in [-0.3, -0.25) is 4.79 Å². The molecule has 2 heterocycles. The van der Waals surface area contributed by atoms with Crippen LogP contribution in [0, 0.1) is 6.92 Å². The number of hydrogen-bond acceptors (Lipinski definition) is 7. The third-order valence-corrected chi connectivity index (χ3v) is 6.68. The Labute approximate surface area is 270 Å². The van der Waals surface area contributed by atoms with E-state index < -0.39 is 21.7 Å². The Hall–Kier alpha value is -4.71. The first kappa shape index (κ1) is 39.3. The number of sulfone groups is 1. The Morgan fingerprint density at radius 2 is 1.67 bits per heavy atom. The first-order valence-electron chi connectivity index (χ1n) is 14.3. The molecule has 0 saturated heterocycles. The molecule has 2 aromatic heterocycles. The summed E-state index contributed by atoms with van der Waals surface area (Å²) in [6.07, 6.45) is 3.24. The third-order valence-electron chi connectivity index (χ3n) is 5.57. The summed E-state index contributed by atoms with van der Waals surface area (Å²) in [5.74, 6) is 0.555. The van der Waals surface area contributed by atoms with Gasteiger partial charge in [0.1, 0.15) is 17.8 Å². The average Bonchev–Trinajstić information content (AvgIpc) is 3.49. The molecule has 0 aliphatic heterocycles. The van der Waals surface area contributed by atoms with Gasteiger partial charge in [-0.05, 0) is 56.0 Å². The van der Waals surface area contributed by atoms with E-state index in [1.54, 1.807) is 37.5 Å². The van der Waals surface area contributed by atoms with Crippen molar-refractivity contribution in [2.75, 3.05) is 25.2 Å². The molecule has 0 fully saturated rings. The lowest BCUT2D eigenvalue weighted by molar-refractivity contribution is -0.142. The van der Waals surface area contributed by atoms with Crippen molar-refractivity contribution in [1.29, 1.82) is 0 Å². The van der Waals surface area contributed by atoms with E-state index in [0.29, 0.717) is 29.8 Å². The molecule has 0 radical (unpaired) electrons. The fourth-order valence-corrected chi connectivity index (χ4v) is 4.03. The number of nitrogens with zero attached hydrogens (tertiary/aromatic N) is 3. The summed E-state index contributed by atoms with van der Waals surface area (Å²) < 4.78 is 62.7. The summed E-state index contributed by atoms with van der Waals surface area (Å²) in [6.45, 7) is 12.3. The lowest BCUT2D eigenvalue weighted by Gasteiger charge is -2.10. The van der Waals surface area contributed by atoms with Gasteiger partial charge in [0.2, 0.25) is 0 Å². The Morgan fingerprint density at radius 1 is 1.02 bits per heavy atom. The minimum absolute atomic E-state index is 0.173. The lowest BCUT2D eigenvalue weighted by Crippen LogP contribution is -2.13. The number of aldehydes is 1. The highest BCUT2D eigenvalue weighted by atomic mass is 32.2. The Morgan fingerprint density at radius 3 is 2.13 bits per heavy atom. The van der Waals surface area contributed by atoms with Gasteiger partial charge in [0.05, 0.1) is 22.5 Å². The van der Waals surface area contributed by atoms with Crippen LogP contribution in [0.5, 0.6) is 0 Å². The first-order valence-corrected chi connectivity index (χ1v) is 16.2. The van der Waals surface area contributed by atoms with E-state index in [-0.39, 0.29) is 16.3 Å². The van der Waals surface area contributed by atoms with E-state index in [4.69, 9.17) is 0 Å². The quantitative estimate of drug-likeness (QED) is 0.187. The Bertz CT molecular complexity index is 1630. The summed E-state index contributed by atoms with van der Waals surface area (Å²) >= 11 is 0. The van der Waals surface area contributed by atoms with Crippen LogP contribution in [0.2, 0.25) is 0 Å². The van der Waals surface area contributed by atoms with Crippen molar-refractivity contribution < 1.29 is 26.4 Å². The van der Waals surface area contributed by atoms with Gasteiger partial charge in [-0.25, -0.2) is 18.1 Å². The number of carbonyl (C=O) groups excluding carboxylic acids is 1. The monoisotopic (exact) mass is 657 g/mol. The summed E-state index contributed by atoms with van der Waals surface area (Å²) in [5, 5.41) is 9.79. The number of allylic oxidation sites excluding steroid dienone is 1. The summed E-state index contributed by atoms with van der Waals surface area (Å²) in [7, 11) is -1.52. The number of pyridine rings is 1. The molecule has 0 amide bonds. The molecule has 2 aromatic carbocycles. The molecule has 12 heteroatoms. The number of alkyl halides is 3. The van der Waals surface area contributed by atoms with Crippen LogP contribution >= 0.6 is 0 Å². The normalized spacial score (nSPS) is 10.7. The van der Waals surface area contributed by atoms with Crippen molar-refractivity contribution in [3.63, 3.8) is 0 Å². The zero-order valence-electron chi connectivity index (χ0n) is 27.0. The highest BCUT2D eigenvalue weighted by Crippen LogP contribution is 2.32. The van der Waals surface area contributed by atoms with Crippen molar-refractivity contribution in [3.05, 3.63) is 120 Å². The number of hydrogen-bond donors (Lipinski definition) is 2. The molecular formula is C34H42F3N5O3S. The molecule has 8 nitrogen and oxygen atoms in total. The van der Waals surface area contributed by atoms with Gasteiger partial charge < -0.3 is 10.6 Å². The largest absolute Gasteiger partial charge is 0.433 e. The van der Waals surface area contributed by atoms with E-state index in [1.807, 2.05) is 25.1 Å². The fourth-order valence-electron chi connectivity index (χ4n) is 3.36. The van der Waals surface area contributed by atoms with Crippen LogP contribution < -0.4 is 10.6 Å². The van der Waals surface area contributed by atoms with Crippen LogP contribution in [0.25, 0.3) is 11.3 Å². The lowest BCUT2D eigenvalue weighted by atomic mass is 10.2. The van der Waals surface area contributed by atoms with Crippen LogP contribution in [0.3, 0.4) is 0 Å². The molecule has 0 aliphatic rings. The van der Waals surface area contributed by atoms with Gasteiger partial charge in [0, 0.05) is 25.4 Å². The predicted octanol–water partition coefficient (Wildman–Crippen LogP) is 7.78. The molecule has 0 aliphatic carbocycles. The molecule has 0 spiro atoms. The van der Waals surface area contributed by atoms with E-state index in [0.717, 1.165) is 17.0 Å². The topological polar surface area (TPSA) is 106 Å². The molecule has 2 N–H and O–H groups in total. The second-order valence-electron chi connectivity index (χ2n) is 9.78. The Kier molecular flexibility index (Phi) is 16.8. The molecule has 0 bridgehead atoms. The predicted molar refractivity (Wildman–Crippen MR) is 180 cm³/mol. The minimum Gasteiger partial charge on any atom is -0.387 e. The van der Waals surface area contributed by atoms with Gasteiger partial charge in [-0.2, -0.15) is 18.3 Å². The maximum absolute atomic E-state index is 13.3. The average molecular weight is 658 g/mol. The van der Waals surface area contributed by atoms with Crippen LogP contribution in [0.4, 0.5) is 19.0 Å². The molecule has 0 unspecified atom stereocenters. The van der Waals surface area contributed by atoms with Crippen LogP contribution in [-0.4, -0.2) is 49.3 Å². The number of carbonyl (C=O) groups is 1. The molecule has 4 aromatic rings. The van der Waals surface area contributed by atoms with Gasteiger partial charge in [-0.1, -0.05) is 81.0 Å². The Balaban J connectivity index is 0.000000395. The zero-order chi connectivity index (χ0) is 34.8. The number of benzene rings is 2. The minimum atomic E-state index is -4.54. The fraction of sp³-hybridized carbons (Fsp3) is 0.265. The standard InChI is InChI=1S/C16H18F3N5.C8H8O3S.C7H8.C3H8/c1-4-7-21-9-11(2)13-8-14(16(17,18)19)24(23-13)12-5-6-15(20-3)22-10-12;1-12(10,11)8-4-2-3-7(5-8)6-9;1-7-5-3-2-4-6-7;1-3-2/h4-8,10,21H,2,9H2,1,3H3,(H,20,22);2-6H,1H3;2-6H,1H3;3H2,1-2H3/b7-4-;;;. The molecule has 46 heavy (non-hydrogen) atoms. The van der Waals surface area contributed by atoms with E-state index in [1.165, 1.54) is 36.4 Å². The van der Waals surface area contributed by atoms with Crippen LogP contribution in [0.15, 0.2) is 103 Å². The molecule has 0 saturated carbocycles. The van der Waals surface area contributed by atoms with E-state index in [2.05, 4.69) is 60.2 Å². The highest BCUT2D eigenvalue weighted by Gasteiger charge is 2.36. The van der Waals surface area contributed by atoms with Crippen LogP contribution in [0.1, 0.15) is 54.5 Å². The maximum Gasteiger partial charge on any atom is 0.433 e. The van der Waals surface area contributed by atoms with Crippen molar-refractivity contribution in [3.8, 4) is 5.69 Å². The number of anilines is 1. The third kappa shape index (κ3) is 13.9. The zero-order valence-corrected chi connectivity index (χ0v) is 27.8. The van der Waals surface area contributed by atoms with Crippen molar-refractivity contribution in [1.82, 2.24) is 20.1 Å². The number of halogens is 3. The molecular weight excluding hydrogens is 615 g/mol. The van der Waals surface area contributed by atoms with Gasteiger partial charge >= 0.3 is 6.18 Å². The second-order valence-corrected chi connectivity index (χ2v) is 11.8.